The minimum absolute atomic E-state index is 0.0225. The summed E-state index contributed by atoms with van der Waals surface area (Å²) in [6, 6.07) is 9.34. The first-order valence-electron chi connectivity index (χ1n) is 7.35. The van der Waals surface area contributed by atoms with Gasteiger partial charge in [-0.05, 0) is 42.2 Å². The van der Waals surface area contributed by atoms with Gasteiger partial charge >= 0.3 is 0 Å². The number of benzene rings is 1. The van der Waals surface area contributed by atoms with Crippen molar-refractivity contribution in [1.82, 2.24) is 0 Å². The number of anilines is 1. The van der Waals surface area contributed by atoms with E-state index in [2.05, 4.69) is 12.2 Å². The zero-order chi connectivity index (χ0) is 13.5. The van der Waals surface area contributed by atoms with E-state index in [9.17, 15) is 9.59 Å². The largest absolute Gasteiger partial charge is 0.274 e. The van der Waals surface area contributed by atoms with Crippen LogP contribution >= 0.6 is 0 Å². The van der Waals surface area contributed by atoms with Gasteiger partial charge in [0, 0.05) is 0 Å². The average Bonchev–Trinajstić information content (AvgIpc) is 3.06. The maximum absolute atomic E-state index is 12.8. The predicted molar refractivity (Wildman–Crippen MR) is 73.7 cm³/mol. The van der Waals surface area contributed by atoms with Crippen molar-refractivity contribution in [3.63, 3.8) is 0 Å². The minimum Gasteiger partial charge on any atom is -0.274 e. The molecule has 0 aromatic heterocycles. The molecule has 4 atom stereocenters. The molecule has 3 fully saturated rings. The lowest BCUT2D eigenvalue weighted by Crippen LogP contribution is -2.34. The second-order valence-electron chi connectivity index (χ2n) is 6.57. The maximum Gasteiger partial charge on any atom is 0.238 e. The number of carbonyl (C=O) groups is 2. The van der Waals surface area contributed by atoms with Crippen molar-refractivity contribution in [2.75, 3.05) is 4.90 Å². The van der Waals surface area contributed by atoms with Crippen molar-refractivity contribution in [2.45, 2.75) is 12.8 Å². The third kappa shape index (κ3) is 1.02. The van der Waals surface area contributed by atoms with Gasteiger partial charge in [0.05, 0.1) is 17.5 Å². The van der Waals surface area contributed by atoms with Gasteiger partial charge in [-0.1, -0.05) is 30.4 Å². The molecule has 3 nitrogen and oxygen atoms in total. The molecule has 2 amide bonds. The lowest BCUT2D eigenvalue weighted by atomic mass is 9.85. The Morgan fingerprint density at radius 1 is 0.900 bits per heavy atom. The Hall–Kier alpha value is -1.90. The van der Waals surface area contributed by atoms with E-state index in [4.69, 9.17) is 0 Å². The molecular weight excluding hydrogens is 250 g/mol. The standard InChI is InChI=1S/C17H15NO2/c19-15-13-11-6-7-12(17(11)8-9-17)14(13)16(20)18(15)10-4-2-1-3-5-10/h1-7,11-14H,8-9H2/t11-,12-,13-,14-/m1/s1. The van der Waals surface area contributed by atoms with Crippen LogP contribution in [0.25, 0.3) is 0 Å². The number of carbonyl (C=O) groups excluding carboxylic acids is 2. The van der Waals surface area contributed by atoms with E-state index in [-0.39, 0.29) is 29.1 Å². The van der Waals surface area contributed by atoms with Crippen LogP contribution in [0.5, 0.6) is 0 Å². The van der Waals surface area contributed by atoms with Crippen molar-refractivity contribution in [1.29, 1.82) is 0 Å². The van der Waals surface area contributed by atoms with Crippen LogP contribution in [0.4, 0.5) is 5.69 Å². The molecule has 1 heterocycles. The number of nitrogens with zero attached hydrogens (tertiary/aromatic N) is 1. The van der Waals surface area contributed by atoms with Crippen molar-refractivity contribution < 1.29 is 9.59 Å². The molecule has 3 heteroatoms. The van der Waals surface area contributed by atoms with Gasteiger partial charge in [-0.25, -0.2) is 0 Å². The Morgan fingerprint density at radius 2 is 1.45 bits per heavy atom. The van der Waals surface area contributed by atoms with E-state index in [1.54, 1.807) is 0 Å². The van der Waals surface area contributed by atoms with Gasteiger partial charge in [0.1, 0.15) is 0 Å². The first-order valence-corrected chi connectivity index (χ1v) is 7.35. The summed E-state index contributed by atoms with van der Waals surface area (Å²) in [4.78, 5) is 27.0. The Bertz CT molecular complexity index is 625. The number of hydrogen-bond acceptors (Lipinski definition) is 2. The fourth-order valence-corrected chi connectivity index (χ4v) is 4.91. The number of imide groups is 1. The SMILES string of the molecule is O=C1[C@H]2[C@H](C(=O)N1c1ccccc1)[C@H]1C=C[C@H]2C12CC2. The van der Waals surface area contributed by atoms with Crippen molar-refractivity contribution in [3.8, 4) is 0 Å². The number of hydrogen-bond donors (Lipinski definition) is 0. The van der Waals surface area contributed by atoms with E-state index in [1.807, 2.05) is 30.3 Å². The van der Waals surface area contributed by atoms with Gasteiger partial charge in [0.15, 0.2) is 0 Å². The molecule has 3 aliphatic carbocycles. The molecule has 1 aromatic rings. The summed E-state index contributed by atoms with van der Waals surface area (Å²) in [5.41, 5.74) is 1.00. The second kappa shape index (κ2) is 3.22. The molecule has 1 saturated heterocycles. The first-order chi connectivity index (χ1) is 9.74. The fourth-order valence-electron chi connectivity index (χ4n) is 4.91. The van der Waals surface area contributed by atoms with E-state index in [0.717, 1.165) is 5.69 Å². The molecule has 20 heavy (non-hydrogen) atoms. The van der Waals surface area contributed by atoms with Gasteiger partial charge in [-0.2, -0.15) is 0 Å². The summed E-state index contributed by atoms with van der Waals surface area (Å²) >= 11 is 0. The van der Waals surface area contributed by atoms with E-state index in [0.29, 0.717) is 11.8 Å². The first kappa shape index (κ1) is 10.8. The van der Waals surface area contributed by atoms with Crippen LogP contribution < -0.4 is 4.90 Å². The molecule has 0 unspecified atom stereocenters. The highest BCUT2D eigenvalue weighted by atomic mass is 16.2. The molecule has 2 bridgehead atoms. The molecule has 1 spiro atoms. The second-order valence-corrected chi connectivity index (χ2v) is 6.57. The van der Waals surface area contributed by atoms with Crippen LogP contribution in [-0.4, -0.2) is 11.8 Å². The number of fused-ring (bicyclic) bond motifs is 3. The highest BCUT2D eigenvalue weighted by Crippen LogP contribution is 2.73. The Morgan fingerprint density at radius 3 is 1.95 bits per heavy atom. The highest BCUT2D eigenvalue weighted by molar-refractivity contribution is 6.23. The topological polar surface area (TPSA) is 37.4 Å². The van der Waals surface area contributed by atoms with E-state index < -0.39 is 0 Å². The summed E-state index contributed by atoms with van der Waals surface area (Å²) in [6.45, 7) is 0. The van der Waals surface area contributed by atoms with Gasteiger partial charge in [-0.3, -0.25) is 14.5 Å². The number of para-hydroxylation sites is 1. The molecular formula is C17H15NO2. The summed E-state index contributed by atoms with van der Waals surface area (Å²) in [7, 11) is 0. The zero-order valence-corrected chi connectivity index (χ0v) is 11.0. The lowest BCUT2D eigenvalue weighted by molar-refractivity contribution is -0.123. The normalized spacial score (nSPS) is 38.9. The van der Waals surface area contributed by atoms with Crippen LogP contribution in [0.3, 0.4) is 0 Å². The van der Waals surface area contributed by atoms with Gasteiger partial charge < -0.3 is 0 Å². The zero-order valence-electron chi connectivity index (χ0n) is 11.0. The lowest BCUT2D eigenvalue weighted by Gasteiger charge is -2.21. The van der Waals surface area contributed by atoms with E-state index >= 15 is 0 Å². The smallest absolute Gasteiger partial charge is 0.238 e. The van der Waals surface area contributed by atoms with Crippen molar-refractivity contribution in [3.05, 3.63) is 42.5 Å². The Balaban J connectivity index is 1.60. The Kier molecular flexibility index (Phi) is 1.74. The minimum atomic E-state index is -0.0970. The molecule has 1 aromatic carbocycles. The summed E-state index contributed by atoms with van der Waals surface area (Å²) in [5.74, 6) is 0.467. The number of rotatable bonds is 1. The van der Waals surface area contributed by atoms with E-state index in [1.165, 1.54) is 17.7 Å². The summed E-state index contributed by atoms with van der Waals surface area (Å²) in [5, 5.41) is 0. The van der Waals surface area contributed by atoms with Crippen LogP contribution in [0.15, 0.2) is 42.5 Å². The maximum atomic E-state index is 12.8. The monoisotopic (exact) mass is 265 g/mol. The van der Waals surface area contributed by atoms with Gasteiger partial charge in [0.25, 0.3) is 0 Å². The summed E-state index contributed by atoms with van der Waals surface area (Å²) < 4.78 is 0. The quantitative estimate of drug-likeness (QED) is 0.577. The molecule has 0 radical (unpaired) electrons. The number of amides is 2. The van der Waals surface area contributed by atoms with Crippen LogP contribution in [0, 0.1) is 29.1 Å². The van der Waals surface area contributed by atoms with Crippen LogP contribution in [-0.2, 0) is 9.59 Å². The van der Waals surface area contributed by atoms with Gasteiger partial charge in [-0.15, -0.1) is 0 Å². The predicted octanol–water partition coefficient (Wildman–Crippen LogP) is 2.39. The molecule has 100 valence electrons. The highest BCUT2D eigenvalue weighted by Gasteiger charge is 2.73. The molecule has 5 rings (SSSR count). The van der Waals surface area contributed by atoms with Crippen LogP contribution in [0.2, 0.25) is 0 Å². The summed E-state index contributed by atoms with van der Waals surface area (Å²) in [6.07, 6.45) is 6.79. The van der Waals surface area contributed by atoms with Crippen molar-refractivity contribution >= 4 is 17.5 Å². The Labute approximate surface area is 117 Å². The number of allylic oxidation sites excluding steroid dienone is 2. The van der Waals surface area contributed by atoms with Crippen LogP contribution in [0.1, 0.15) is 12.8 Å². The van der Waals surface area contributed by atoms with Crippen molar-refractivity contribution in [2.24, 2.45) is 29.1 Å². The average molecular weight is 265 g/mol. The molecule has 4 aliphatic rings. The fraction of sp³-hybridized carbons (Fsp3) is 0.412. The third-order valence-electron chi connectivity index (χ3n) is 5.87. The molecule has 2 saturated carbocycles. The molecule has 0 N–H and O–H groups in total. The molecule has 1 aliphatic heterocycles. The van der Waals surface area contributed by atoms with Gasteiger partial charge in [0.2, 0.25) is 11.8 Å². The third-order valence-corrected chi connectivity index (χ3v) is 5.87.